The number of carbonyl (C=O) groups excluding carboxylic acids is 3. The molecule has 0 saturated carbocycles. The van der Waals surface area contributed by atoms with Crippen LogP contribution in [0, 0.1) is 5.92 Å². The zero-order valence-electron chi connectivity index (χ0n) is 17.5. The van der Waals surface area contributed by atoms with Gasteiger partial charge in [-0.05, 0) is 37.8 Å². The van der Waals surface area contributed by atoms with E-state index >= 15 is 0 Å². The number of benzene rings is 1. The van der Waals surface area contributed by atoms with E-state index in [1.807, 2.05) is 23.1 Å². The number of likely N-dealkylation sites (tertiary alicyclic amines) is 2. The lowest BCUT2D eigenvalue weighted by molar-refractivity contribution is -0.136. The monoisotopic (exact) mass is 441 g/mol. The van der Waals surface area contributed by atoms with Crippen molar-refractivity contribution in [3.05, 3.63) is 40.3 Å². The molecule has 0 spiro atoms. The van der Waals surface area contributed by atoms with E-state index in [-0.39, 0.29) is 27.7 Å². The third-order valence-corrected chi connectivity index (χ3v) is 6.72. The number of nitrogens with one attached hydrogen (secondary N) is 1. The molecule has 0 radical (unpaired) electrons. The van der Waals surface area contributed by atoms with Crippen LogP contribution in [0.5, 0.6) is 0 Å². The van der Waals surface area contributed by atoms with E-state index in [4.69, 9.17) is 0 Å². The highest BCUT2D eigenvalue weighted by atomic mass is 32.1. The first-order chi connectivity index (χ1) is 15.1. The lowest BCUT2D eigenvalue weighted by Gasteiger charge is -2.34. The van der Waals surface area contributed by atoms with Gasteiger partial charge in [0.2, 0.25) is 15.9 Å². The summed E-state index contributed by atoms with van der Waals surface area (Å²) in [4.78, 5) is 42.0. The molecule has 1 atom stereocenters. The normalized spacial score (nSPS) is 19.5. The number of rotatable bonds is 4. The molecule has 3 amide bonds. The van der Waals surface area contributed by atoms with Crippen molar-refractivity contribution in [2.45, 2.75) is 38.5 Å². The molecule has 1 N–H and O–H groups in total. The van der Waals surface area contributed by atoms with Gasteiger partial charge in [-0.1, -0.05) is 42.4 Å². The average Bonchev–Trinajstić information content (AvgIpc) is 3.15. The second kappa shape index (κ2) is 10.00. The molecule has 3 heterocycles. The van der Waals surface area contributed by atoms with Gasteiger partial charge in [0.25, 0.3) is 11.8 Å². The van der Waals surface area contributed by atoms with Crippen LogP contribution < -0.4 is 5.32 Å². The molecule has 2 saturated heterocycles. The van der Waals surface area contributed by atoms with Crippen LogP contribution in [0.2, 0.25) is 0 Å². The lowest BCUT2D eigenvalue weighted by Crippen LogP contribution is -2.47. The molecule has 2 aliphatic heterocycles. The summed E-state index contributed by atoms with van der Waals surface area (Å²) in [6.07, 6.45) is 6.06. The predicted octanol–water partition coefficient (Wildman–Crippen LogP) is 3.05. The summed E-state index contributed by atoms with van der Waals surface area (Å²) in [5.41, 5.74) is 0.654. The molecule has 2 aliphatic rings. The average molecular weight is 442 g/mol. The summed E-state index contributed by atoms with van der Waals surface area (Å²) in [6, 6.07) is 9.07. The highest BCUT2D eigenvalue weighted by Gasteiger charge is 2.33. The molecule has 0 bridgehead atoms. The molecule has 4 rings (SSSR count). The van der Waals surface area contributed by atoms with E-state index in [0.717, 1.165) is 50.1 Å². The highest BCUT2D eigenvalue weighted by Crippen LogP contribution is 2.23. The molecule has 8 nitrogen and oxygen atoms in total. The largest absolute Gasteiger partial charge is 0.342 e. The van der Waals surface area contributed by atoms with Gasteiger partial charge in [0.1, 0.15) is 0 Å². The van der Waals surface area contributed by atoms with Crippen LogP contribution in [0.1, 0.15) is 58.1 Å². The van der Waals surface area contributed by atoms with Crippen molar-refractivity contribution < 1.29 is 14.4 Å². The van der Waals surface area contributed by atoms with E-state index in [9.17, 15) is 14.4 Å². The fraction of sp³-hybridized carbons (Fsp3) is 0.500. The molecule has 2 aromatic rings. The van der Waals surface area contributed by atoms with Crippen LogP contribution in [0.3, 0.4) is 0 Å². The zero-order chi connectivity index (χ0) is 21.6. The maximum absolute atomic E-state index is 13.0. The summed E-state index contributed by atoms with van der Waals surface area (Å²) in [5.74, 6) is -0.649. The molecule has 1 unspecified atom stereocenters. The molecule has 31 heavy (non-hydrogen) atoms. The zero-order valence-corrected chi connectivity index (χ0v) is 18.3. The van der Waals surface area contributed by atoms with E-state index < -0.39 is 5.91 Å². The Bertz CT molecular complexity index is 924. The number of anilines is 1. The van der Waals surface area contributed by atoms with Crippen LogP contribution in [-0.2, 0) is 4.79 Å². The molecule has 1 aromatic heterocycles. The van der Waals surface area contributed by atoms with Gasteiger partial charge in [0.05, 0.1) is 5.92 Å². The van der Waals surface area contributed by atoms with Gasteiger partial charge in [-0.2, -0.15) is 0 Å². The van der Waals surface area contributed by atoms with Gasteiger partial charge in [0, 0.05) is 31.9 Å². The Kier molecular flexibility index (Phi) is 6.91. The van der Waals surface area contributed by atoms with Gasteiger partial charge in [0.15, 0.2) is 0 Å². The summed E-state index contributed by atoms with van der Waals surface area (Å²) < 4.78 is 0. The van der Waals surface area contributed by atoms with Gasteiger partial charge in [-0.3, -0.25) is 14.4 Å². The van der Waals surface area contributed by atoms with Gasteiger partial charge < -0.3 is 15.1 Å². The van der Waals surface area contributed by atoms with Crippen molar-refractivity contribution in [3.8, 4) is 0 Å². The number of piperidine rings is 1. The van der Waals surface area contributed by atoms with Gasteiger partial charge >= 0.3 is 0 Å². The number of para-hydroxylation sites is 1. The summed E-state index contributed by atoms with van der Waals surface area (Å²) >= 11 is 0.982. The van der Waals surface area contributed by atoms with Crippen molar-refractivity contribution in [2.75, 3.05) is 31.5 Å². The quantitative estimate of drug-likeness (QED) is 0.787. The molecule has 1 aromatic carbocycles. The fourth-order valence-corrected chi connectivity index (χ4v) is 4.86. The number of amides is 3. The Balaban J connectivity index is 1.37. The molecule has 2 fully saturated rings. The SMILES string of the molecule is O=C(Nc1ccccc1)c1nnc(C(=O)N2CCCC(C(=O)N3CCCCCC3)C2)s1. The van der Waals surface area contributed by atoms with Crippen molar-refractivity contribution in [1.29, 1.82) is 0 Å². The minimum absolute atomic E-state index is 0.140. The molecule has 9 heteroatoms. The minimum atomic E-state index is -0.393. The summed E-state index contributed by atoms with van der Waals surface area (Å²) in [6.45, 7) is 2.63. The second-order valence-electron chi connectivity index (χ2n) is 8.06. The van der Waals surface area contributed by atoms with Crippen LogP contribution in [0.15, 0.2) is 30.3 Å². The predicted molar refractivity (Wildman–Crippen MR) is 118 cm³/mol. The maximum atomic E-state index is 13.0. The minimum Gasteiger partial charge on any atom is -0.342 e. The summed E-state index contributed by atoms with van der Waals surface area (Å²) in [7, 11) is 0. The van der Waals surface area contributed by atoms with E-state index in [1.54, 1.807) is 17.0 Å². The number of hydrogen-bond donors (Lipinski definition) is 1. The Hall–Kier alpha value is -2.81. The first kappa shape index (κ1) is 21.4. The third-order valence-electron chi connectivity index (χ3n) is 5.81. The van der Waals surface area contributed by atoms with Gasteiger partial charge in [-0.25, -0.2) is 0 Å². The first-order valence-corrected chi connectivity index (χ1v) is 11.7. The smallest absolute Gasteiger partial charge is 0.286 e. The van der Waals surface area contributed by atoms with Crippen molar-refractivity contribution in [1.82, 2.24) is 20.0 Å². The van der Waals surface area contributed by atoms with Crippen LogP contribution >= 0.6 is 11.3 Å². The van der Waals surface area contributed by atoms with Crippen molar-refractivity contribution in [2.24, 2.45) is 5.92 Å². The molecule has 164 valence electrons. The van der Waals surface area contributed by atoms with E-state index in [2.05, 4.69) is 15.5 Å². The fourth-order valence-electron chi connectivity index (χ4n) is 4.16. The Morgan fingerprint density at radius 1 is 0.871 bits per heavy atom. The van der Waals surface area contributed by atoms with Gasteiger partial charge in [-0.15, -0.1) is 10.2 Å². The van der Waals surface area contributed by atoms with Crippen molar-refractivity contribution >= 4 is 34.7 Å². The lowest BCUT2D eigenvalue weighted by atomic mass is 9.96. The molecule has 0 aliphatic carbocycles. The standard InChI is InChI=1S/C22H27N5O3S/c28-18(23-17-10-4-3-5-11-17)19-24-25-20(31-19)22(30)27-14-8-9-16(15-27)21(29)26-12-6-1-2-7-13-26/h3-5,10-11,16H,1-2,6-9,12-15H2,(H,23,28). The topological polar surface area (TPSA) is 95.5 Å². The maximum Gasteiger partial charge on any atom is 0.286 e. The molecular weight excluding hydrogens is 414 g/mol. The van der Waals surface area contributed by atoms with Crippen LogP contribution in [0.25, 0.3) is 0 Å². The number of hydrogen-bond acceptors (Lipinski definition) is 6. The van der Waals surface area contributed by atoms with E-state index in [0.29, 0.717) is 18.8 Å². The Morgan fingerprint density at radius 3 is 2.29 bits per heavy atom. The van der Waals surface area contributed by atoms with Crippen LogP contribution in [-0.4, -0.2) is 63.9 Å². The Morgan fingerprint density at radius 2 is 1.55 bits per heavy atom. The number of carbonyl (C=O) groups is 3. The first-order valence-electron chi connectivity index (χ1n) is 10.9. The van der Waals surface area contributed by atoms with E-state index in [1.165, 1.54) is 12.8 Å². The number of nitrogens with zero attached hydrogens (tertiary/aromatic N) is 4. The number of aromatic nitrogens is 2. The highest BCUT2D eigenvalue weighted by molar-refractivity contribution is 7.15. The third kappa shape index (κ3) is 5.28. The Labute approximate surface area is 185 Å². The molecular formula is C22H27N5O3S. The van der Waals surface area contributed by atoms with Crippen molar-refractivity contribution in [3.63, 3.8) is 0 Å². The van der Waals surface area contributed by atoms with Crippen LogP contribution in [0.4, 0.5) is 5.69 Å². The second-order valence-corrected chi connectivity index (χ2v) is 9.04. The summed E-state index contributed by atoms with van der Waals surface area (Å²) in [5, 5.41) is 10.9.